The van der Waals surface area contributed by atoms with Gasteiger partial charge < -0.3 is 0 Å². The lowest BCUT2D eigenvalue weighted by Gasteiger charge is -2.25. The summed E-state index contributed by atoms with van der Waals surface area (Å²) in [5.41, 5.74) is 2.52. The Morgan fingerprint density at radius 1 is 1.25 bits per heavy atom. The van der Waals surface area contributed by atoms with Gasteiger partial charge in [0, 0.05) is 13.1 Å². The van der Waals surface area contributed by atoms with E-state index >= 15 is 0 Å². The van der Waals surface area contributed by atoms with Gasteiger partial charge in [0.15, 0.2) is 0 Å². The summed E-state index contributed by atoms with van der Waals surface area (Å²) in [6.07, 6.45) is 4.55. The number of halogens is 1. The molecule has 0 fully saturated rings. The topological polar surface area (TPSA) is 3.24 Å². The Balaban J connectivity index is 2.04. The maximum atomic E-state index is 12.8. The Kier molecular flexibility index (Phi) is 3.73. The van der Waals surface area contributed by atoms with Crippen molar-refractivity contribution in [2.75, 3.05) is 19.6 Å². The van der Waals surface area contributed by atoms with Crippen LogP contribution in [0.15, 0.2) is 30.3 Å². The van der Waals surface area contributed by atoms with Crippen molar-refractivity contribution in [3.05, 3.63) is 41.7 Å². The highest BCUT2D eigenvalue weighted by Gasteiger charge is 2.11. The Bertz CT molecular complexity index is 367. The lowest BCUT2D eigenvalue weighted by atomic mass is 9.99. The monoisotopic (exact) mass is 219 g/mol. The van der Waals surface area contributed by atoms with E-state index in [1.165, 1.54) is 30.7 Å². The van der Waals surface area contributed by atoms with Gasteiger partial charge in [-0.05, 0) is 42.7 Å². The van der Waals surface area contributed by atoms with Gasteiger partial charge in [-0.1, -0.05) is 25.1 Å². The number of hydrogen-bond donors (Lipinski definition) is 0. The summed E-state index contributed by atoms with van der Waals surface area (Å²) < 4.78 is 12.8. The molecule has 0 unspecified atom stereocenters. The van der Waals surface area contributed by atoms with Gasteiger partial charge in [0.05, 0.1) is 0 Å². The van der Waals surface area contributed by atoms with Crippen LogP contribution in [0.2, 0.25) is 0 Å². The first kappa shape index (κ1) is 11.3. The molecule has 1 nitrogen and oxygen atoms in total. The summed E-state index contributed by atoms with van der Waals surface area (Å²) >= 11 is 0. The van der Waals surface area contributed by atoms with Gasteiger partial charge in [-0.25, -0.2) is 4.39 Å². The number of nitrogens with zero attached hydrogens (tertiary/aromatic N) is 1. The molecule has 1 aliphatic heterocycles. The summed E-state index contributed by atoms with van der Waals surface area (Å²) in [5, 5.41) is 0. The van der Waals surface area contributed by atoms with E-state index in [0.717, 1.165) is 25.1 Å². The molecule has 86 valence electrons. The fraction of sp³-hybridized carbons (Fsp3) is 0.429. The van der Waals surface area contributed by atoms with Crippen molar-refractivity contribution in [1.29, 1.82) is 0 Å². The van der Waals surface area contributed by atoms with Crippen LogP contribution in [0.5, 0.6) is 0 Å². The molecule has 2 rings (SSSR count). The average molecular weight is 219 g/mol. The van der Waals surface area contributed by atoms with E-state index in [-0.39, 0.29) is 5.82 Å². The highest BCUT2D eigenvalue weighted by atomic mass is 19.1. The molecule has 0 N–H and O–H groups in total. The maximum absolute atomic E-state index is 12.8. The first-order valence-electron chi connectivity index (χ1n) is 5.97. The lowest BCUT2D eigenvalue weighted by molar-refractivity contribution is 0.302. The smallest absolute Gasteiger partial charge is 0.123 e. The molecular formula is C14H18FN. The minimum atomic E-state index is -0.159. The maximum Gasteiger partial charge on any atom is 0.123 e. The van der Waals surface area contributed by atoms with E-state index in [0.29, 0.717) is 0 Å². The van der Waals surface area contributed by atoms with Crippen LogP contribution >= 0.6 is 0 Å². The average Bonchev–Trinajstić information content (AvgIpc) is 2.32. The van der Waals surface area contributed by atoms with Crippen LogP contribution in [0.25, 0.3) is 5.57 Å². The van der Waals surface area contributed by atoms with E-state index < -0.39 is 0 Å². The molecule has 0 saturated heterocycles. The molecule has 0 bridgehead atoms. The second-order valence-corrected chi connectivity index (χ2v) is 4.29. The zero-order valence-corrected chi connectivity index (χ0v) is 9.75. The van der Waals surface area contributed by atoms with Crippen molar-refractivity contribution in [3.8, 4) is 0 Å². The molecule has 0 aromatic heterocycles. The van der Waals surface area contributed by atoms with Crippen molar-refractivity contribution in [1.82, 2.24) is 4.90 Å². The van der Waals surface area contributed by atoms with Gasteiger partial charge in [-0.3, -0.25) is 4.90 Å². The SMILES string of the molecule is CCCN1CC=C(c2ccc(F)cc2)CC1. The van der Waals surface area contributed by atoms with Crippen LogP contribution in [0.3, 0.4) is 0 Å². The first-order valence-corrected chi connectivity index (χ1v) is 5.97. The largest absolute Gasteiger partial charge is 0.299 e. The zero-order chi connectivity index (χ0) is 11.4. The van der Waals surface area contributed by atoms with Crippen LogP contribution < -0.4 is 0 Å². The molecule has 1 aromatic carbocycles. The highest BCUT2D eigenvalue weighted by molar-refractivity contribution is 5.66. The van der Waals surface area contributed by atoms with Crippen LogP contribution in [0.1, 0.15) is 25.3 Å². The molecule has 1 aromatic rings. The molecule has 0 spiro atoms. The minimum Gasteiger partial charge on any atom is -0.299 e. The Labute approximate surface area is 96.6 Å². The van der Waals surface area contributed by atoms with Crippen LogP contribution in [-0.2, 0) is 0 Å². The van der Waals surface area contributed by atoms with E-state index in [1.54, 1.807) is 0 Å². The number of hydrogen-bond acceptors (Lipinski definition) is 1. The molecule has 0 aliphatic carbocycles. The predicted octanol–water partition coefficient (Wildman–Crippen LogP) is 3.32. The van der Waals surface area contributed by atoms with Gasteiger partial charge in [0.1, 0.15) is 5.82 Å². The molecule has 0 amide bonds. The van der Waals surface area contributed by atoms with Gasteiger partial charge in [0.25, 0.3) is 0 Å². The molecule has 1 aliphatic rings. The molecule has 16 heavy (non-hydrogen) atoms. The van der Waals surface area contributed by atoms with E-state index in [4.69, 9.17) is 0 Å². The molecule has 0 radical (unpaired) electrons. The first-order chi connectivity index (χ1) is 7.79. The third-order valence-corrected chi connectivity index (χ3v) is 3.05. The quantitative estimate of drug-likeness (QED) is 0.753. The van der Waals surface area contributed by atoms with E-state index in [2.05, 4.69) is 17.9 Å². The molecule has 0 saturated carbocycles. The van der Waals surface area contributed by atoms with Gasteiger partial charge in [-0.2, -0.15) is 0 Å². The third-order valence-electron chi connectivity index (χ3n) is 3.05. The molecular weight excluding hydrogens is 201 g/mol. The van der Waals surface area contributed by atoms with Crippen LogP contribution in [0, 0.1) is 5.82 Å². The standard InChI is InChI=1S/C14H18FN/c1-2-9-16-10-7-13(8-11-16)12-3-5-14(15)6-4-12/h3-7H,2,8-11H2,1H3. The minimum absolute atomic E-state index is 0.159. The fourth-order valence-corrected chi connectivity index (χ4v) is 2.16. The van der Waals surface area contributed by atoms with Crippen molar-refractivity contribution < 1.29 is 4.39 Å². The Morgan fingerprint density at radius 3 is 2.56 bits per heavy atom. The fourth-order valence-electron chi connectivity index (χ4n) is 2.16. The molecule has 0 atom stereocenters. The zero-order valence-electron chi connectivity index (χ0n) is 9.75. The highest BCUT2D eigenvalue weighted by Crippen LogP contribution is 2.22. The number of rotatable bonds is 3. The van der Waals surface area contributed by atoms with Crippen molar-refractivity contribution in [3.63, 3.8) is 0 Å². The van der Waals surface area contributed by atoms with E-state index in [9.17, 15) is 4.39 Å². The van der Waals surface area contributed by atoms with Gasteiger partial charge >= 0.3 is 0 Å². The Hall–Kier alpha value is -1.15. The molecule has 2 heteroatoms. The third kappa shape index (κ3) is 2.70. The second-order valence-electron chi connectivity index (χ2n) is 4.29. The summed E-state index contributed by atoms with van der Waals surface area (Å²) in [6, 6.07) is 6.82. The second kappa shape index (κ2) is 5.26. The summed E-state index contributed by atoms with van der Waals surface area (Å²) in [5.74, 6) is -0.159. The van der Waals surface area contributed by atoms with Gasteiger partial charge in [0.2, 0.25) is 0 Å². The van der Waals surface area contributed by atoms with E-state index in [1.807, 2.05) is 12.1 Å². The van der Waals surface area contributed by atoms with Crippen molar-refractivity contribution in [2.45, 2.75) is 19.8 Å². The normalized spacial score (nSPS) is 17.2. The molecule has 1 heterocycles. The summed E-state index contributed by atoms with van der Waals surface area (Å²) in [7, 11) is 0. The van der Waals surface area contributed by atoms with Crippen molar-refractivity contribution in [2.24, 2.45) is 0 Å². The van der Waals surface area contributed by atoms with Crippen LogP contribution in [0.4, 0.5) is 4.39 Å². The summed E-state index contributed by atoms with van der Waals surface area (Å²) in [4.78, 5) is 2.45. The van der Waals surface area contributed by atoms with Crippen molar-refractivity contribution >= 4 is 5.57 Å². The predicted molar refractivity (Wildman–Crippen MR) is 65.7 cm³/mol. The Morgan fingerprint density at radius 2 is 2.00 bits per heavy atom. The lowest BCUT2D eigenvalue weighted by Crippen LogP contribution is -2.29. The number of benzene rings is 1. The summed E-state index contributed by atoms with van der Waals surface area (Å²) in [6.45, 7) is 5.53. The van der Waals surface area contributed by atoms with Gasteiger partial charge in [-0.15, -0.1) is 0 Å². The van der Waals surface area contributed by atoms with Crippen LogP contribution in [-0.4, -0.2) is 24.5 Å².